The summed E-state index contributed by atoms with van der Waals surface area (Å²) in [6, 6.07) is 13.7. The van der Waals surface area contributed by atoms with E-state index in [1.54, 1.807) is 18.3 Å². The number of fused-ring (bicyclic) bond motifs is 2. The van der Waals surface area contributed by atoms with E-state index in [0.29, 0.717) is 24.7 Å². The molecule has 0 aliphatic carbocycles. The number of hydrogen-bond acceptors (Lipinski definition) is 3. The number of benzene rings is 1. The molecule has 0 atom stereocenters. The van der Waals surface area contributed by atoms with E-state index in [1.165, 1.54) is 20.0 Å². The number of carbonyl (C=O) groups is 1. The second-order valence-corrected chi connectivity index (χ2v) is 7.31. The lowest BCUT2D eigenvalue weighted by Gasteiger charge is -2.32. The van der Waals surface area contributed by atoms with Crippen molar-refractivity contribution in [1.82, 2.24) is 24.1 Å². The standard InChI is InChI=1S/C21H21N5O2/c27-20(14-26-21(28)25-10-4-3-7-19(25)23-26)24-11-8-15(9-12-24)17-13-22-18-6-2-1-5-16(17)18/h1-7,10,13,15,22H,8-9,11-12,14H2. The van der Waals surface area contributed by atoms with Gasteiger partial charge in [-0.1, -0.05) is 24.3 Å². The number of pyridine rings is 1. The molecule has 1 fully saturated rings. The van der Waals surface area contributed by atoms with Crippen molar-refractivity contribution in [2.24, 2.45) is 0 Å². The number of hydrogen-bond donors (Lipinski definition) is 1. The lowest BCUT2D eigenvalue weighted by Crippen LogP contribution is -2.41. The molecule has 1 amide bonds. The third-order valence-electron chi connectivity index (χ3n) is 5.68. The Hall–Kier alpha value is -3.35. The van der Waals surface area contributed by atoms with Crippen LogP contribution in [0.2, 0.25) is 0 Å². The summed E-state index contributed by atoms with van der Waals surface area (Å²) in [7, 11) is 0. The van der Waals surface area contributed by atoms with Gasteiger partial charge in [0.05, 0.1) is 0 Å². The molecule has 0 radical (unpaired) electrons. The van der Waals surface area contributed by atoms with E-state index < -0.39 is 0 Å². The van der Waals surface area contributed by atoms with Gasteiger partial charge < -0.3 is 9.88 Å². The van der Waals surface area contributed by atoms with Gasteiger partial charge in [0.1, 0.15) is 6.54 Å². The quantitative estimate of drug-likeness (QED) is 0.597. The number of piperidine rings is 1. The van der Waals surface area contributed by atoms with Crippen LogP contribution in [-0.4, -0.2) is 43.1 Å². The number of aromatic amines is 1. The average Bonchev–Trinajstić information content (AvgIpc) is 3.30. The first kappa shape index (κ1) is 16.8. The Labute approximate surface area is 161 Å². The van der Waals surface area contributed by atoms with Gasteiger partial charge in [-0.15, -0.1) is 5.10 Å². The van der Waals surface area contributed by atoms with Crippen molar-refractivity contribution in [2.75, 3.05) is 13.1 Å². The van der Waals surface area contributed by atoms with E-state index in [0.717, 1.165) is 18.4 Å². The van der Waals surface area contributed by atoms with Gasteiger partial charge in [0.2, 0.25) is 5.91 Å². The van der Waals surface area contributed by atoms with Crippen molar-refractivity contribution in [3.63, 3.8) is 0 Å². The summed E-state index contributed by atoms with van der Waals surface area (Å²) < 4.78 is 2.71. The van der Waals surface area contributed by atoms with Crippen molar-refractivity contribution >= 4 is 22.5 Å². The molecule has 0 saturated carbocycles. The van der Waals surface area contributed by atoms with Crippen LogP contribution in [0.4, 0.5) is 0 Å². The molecule has 142 valence electrons. The number of carbonyl (C=O) groups excluding carboxylic acids is 1. The molecule has 1 saturated heterocycles. The second kappa shape index (κ2) is 6.67. The van der Waals surface area contributed by atoms with Crippen LogP contribution in [-0.2, 0) is 11.3 Å². The highest BCUT2D eigenvalue weighted by molar-refractivity contribution is 5.83. The SMILES string of the molecule is O=C(Cn1nc2ccccn2c1=O)N1CCC(c2c[nH]c3ccccc23)CC1. The number of H-pyrrole nitrogens is 1. The summed E-state index contributed by atoms with van der Waals surface area (Å²) in [5, 5.41) is 5.52. The Balaban J connectivity index is 1.28. The summed E-state index contributed by atoms with van der Waals surface area (Å²) in [5.74, 6) is 0.390. The molecular formula is C21H21N5O2. The summed E-state index contributed by atoms with van der Waals surface area (Å²) in [4.78, 5) is 30.3. The molecule has 28 heavy (non-hydrogen) atoms. The Morgan fingerprint density at radius 2 is 1.89 bits per heavy atom. The number of rotatable bonds is 3. The molecule has 4 aromatic rings. The Bertz CT molecular complexity index is 1210. The smallest absolute Gasteiger partial charge is 0.350 e. The lowest BCUT2D eigenvalue weighted by atomic mass is 9.89. The van der Waals surface area contributed by atoms with Crippen molar-refractivity contribution in [3.8, 4) is 0 Å². The van der Waals surface area contributed by atoms with Gasteiger partial charge in [0.25, 0.3) is 0 Å². The van der Waals surface area contributed by atoms with Crippen molar-refractivity contribution in [3.05, 3.63) is 70.9 Å². The maximum absolute atomic E-state index is 12.7. The normalized spacial score (nSPS) is 15.5. The zero-order valence-electron chi connectivity index (χ0n) is 15.4. The number of nitrogens with zero attached hydrogens (tertiary/aromatic N) is 4. The number of likely N-dealkylation sites (tertiary alicyclic amines) is 1. The number of para-hydroxylation sites is 1. The highest BCUT2D eigenvalue weighted by atomic mass is 16.2. The molecule has 1 N–H and O–H groups in total. The van der Waals surface area contributed by atoms with Gasteiger partial charge in [-0.2, -0.15) is 0 Å². The molecule has 0 spiro atoms. The average molecular weight is 375 g/mol. The van der Waals surface area contributed by atoms with Crippen molar-refractivity contribution in [1.29, 1.82) is 0 Å². The Morgan fingerprint density at radius 1 is 1.11 bits per heavy atom. The maximum Gasteiger partial charge on any atom is 0.350 e. The zero-order chi connectivity index (χ0) is 19.1. The van der Waals surface area contributed by atoms with E-state index >= 15 is 0 Å². The van der Waals surface area contributed by atoms with Crippen molar-refractivity contribution < 1.29 is 4.79 Å². The van der Waals surface area contributed by atoms with E-state index in [1.807, 2.05) is 17.0 Å². The predicted octanol–water partition coefficient (Wildman–Crippen LogP) is 2.38. The number of nitrogens with one attached hydrogen (secondary N) is 1. The first-order valence-corrected chi connectivity index (χ1v) is 9.59. The van der Waals surface area contributed by atoms with E-state index in [4.69, 9.17) is 0 Å². The lowest BCUT2D eigenvalue weighted by molar-refractivity contribution is -0.133. The molecule has 0 bridgehead atoms. The molecule has 5 rings (SSSR count). The summed E-state index contributed by atoms with van der Waals surface area (Å²) >= 11 is 0. The maximum atomic E-state index is 12.7. The summed E-state index contributed by atoms with van der Waals surface area (Å²) in [5.41, 5.74) is 2.76. The largest absolute Gasteiger partial charge is 0.361 e. The molecule has 1 aliphatic heterocycles. The van der Waals surface area contributed by atoms with Crippen LogP contribution in [0, 0.1) is 0 Å². The van der Waals surface area contributed by atoms with Gasteiger partial charge >= 0.3 is 5.69 Å². The number of amides is 1. The van der Waals surface area contributed by atoms with Gasteiger partial charge in [-0.05, 0) is 42.5 Å². The van der Waals surface area contributed by atoms with Gasteiger partial charge in [-0.3, -0.25) is 9.20 Å². The fraction of sp³-hybridized carbons (Fsp3) is 0.286. The molecule has 7 heteroatoms. The van der Waals surface area contributed by atoms with Crippen LogP contribution in [0.5, 0.6) is 0 Å². The van der Waals surface area contributed by atoms with E-state index in [-0.39, 0.29) is 18.1 Å². The highest BCUT2D eigenvalue weighted by Crippen LogP contribution is 2.33. The third-order valence-corrected chi connectivity index (χ3v) is 5.68. The molecule has 7 nitrogen and oxygen atoms in total. The minimum atomic E-state index is -0.280. The topological polar surface area (TPSA) is 75.4 Å². The van der Waals surface area contributed by atoms with Gasteiger partial charge in [0.15, 0.2) is 5.65 Å². The van der Waals surface area contributed by atoms with Gasteiger partial charge in [0, 0.05) is 36.4 Å². The fourth-order valence-corrected chi connectivity index (χ4v) is 4.17. The van der Waals surface area contributed by atoms with Crippen LogP contribution in [0.3, 0.4) is 0 Å². The number of aromatic nitrogens is 4. The molecule has 1 aliphatic rings. The molecule has 3 aromatic heterocycles. The summed E-state index contributed by atoms with van der Waals surface area (Å²) in [6.07, 6.45) is 5.61. The first-order valence-electron chi connectivity index (χ1n) is 9.59. The van der Waals surface area contributed by atoms with Crippen LogP contribution < -0.4 is 5.69 Å². The molecular weight excluding hydrogens is 354 g/mol. The monoisotopic (exact) mass is 375 g/mol. The minimum Gasteiger partial charge on any atom is -0.361 e. The third kappa shape index (κ3) is 2.79. The molecule has 0 unspecified atom stereocenters. The zero-order valence-corrected chi connectivity index (χ0v) is 15.4. The second-order valence-electron chi connectivity index (χ2n) is 7.31. The first-order chi connectivity index (χ1) is 13.7. The van der Waals surface area contributed by atoms with E-state index in [9.17, 15) is 9.59 Å². The minimum absolute atomic E-state index is 0.0156. The van der Waals surface area contributed by atoms with E-state index in [2.05, 4.69) is 34.5 Å². The molecule has 1 aromatic carbocycles. The predicted molar refractivity (Wildman–Crippen MR) is 106 cm³/mol. The van der Waals surface area contributed by atoms with Crippen LogP contribution >= 0.6 is 0 Å². The summed E-state index contributed by atoms with van der Waals surface area (Å²) in [6.45, 7) is 1.38. The molecule has 4 heterocycles. The van der Waals surface area contributed by atoms with Crippen LogP contribution in [0.15, 0.2) is 59.7 Å². The Morgan fingerprint density at radius 3 is 2.71 bits per heavy atom. The fourth-order valence-electron chi connectivity index (χ4n) is 4.17. The highest BCUT2D eigenvalue weighted by Gasteiger charge is 2.26. The van der Waals surface area contributed by atoms with Crippen LogP contribution in [0.1, 0.15) is 24.3 Å². The Kier molecular flexibility index (Phi) is 4.00. The van der Waals surface area contributed by atoms with Crippen molar-refractivity contribution in [2.45, 2.75) is 25.3 Å². The van der Waals surface area contributed by atoms with Gasteiger partial charge in [-0.25, -0.2) is 9.48 Å². The van der Waals surface area contributed by atoms with Crippen LogP contribution in [0.25, 0.3) is 16.6 Å².